The maximum Gasteiger partial charge on any atom is 0.247 e. The van der Waals surface area contributed by atoms with E-state index in [4.69, 9.17) is 11.6 Å². The van der Waals surface area contributed by atoms with Crippen LogP contribution in [0.2, 0.25) is 5.02 Å². The average molecular weight is 309 g/mol. The lowest BCUT2D eigenvalue weighted by Crippen LogP contribution is -2.52. The minimum atomic E-state index is -0.730. The lowest BCUT2D eigenvalue weighted by Gasteiger charge is -2.35. The van der Waals surface area contributed by atoms with Gasteiger partial charge in [0, 0.05) is 36.5 Å². The summed E-state index contributed by atoms with van der Waals surface area (Å²) in [5.41, 5.74) is 0.604. The Morgan fingerprint density at radius 2 is 2.05 bits per heavy atom. The third kappa shape index (κ3) is 3.61. The quantitative estimate of drug-likeness (QED) is 0.921. The van der Waals surface area contributed by atoms with Crippen LogP contribution >= 0.6 is 11.6 Å². The Morgan fingerprint density at radius 3 is 2.71 bits per heavy atom. The van der Waals surface area contributed by atoms with E-state index in [0.29, 0.717) is 23.7 Å². The summed E-state index contributed by atoms with van der Waals surface area (Å²) >= 11 is 6.15. The van der Waals surface area contributed by atoms with Gasteiger partial charge < -0.3 is 15.0 Å². The van der Waals surface area contributed by atoms with Gasteiger partial charge in [0.1, 0.15) is 11.8 Å². The summed E-state index contributed by atoms with van der Waals surface area (Å²) in [5, 5.41) is 3.20. The molecule has 5 nitrogen and oxygen atoms in total. The maximum atomic E-state index is 12.3. The van der Waals surface area contributed by atoms with Gasteiger partial charge in [-0.2, -0.15) is 0 Å². The van der Waals surface area contributed by atoms with Crippen LogP contribution in [0, 0.1) is 0 Å². The van der Waals surface area contributed by atoms with Gasteiger partial charge in [-0.1, -0.05) is 29.8 Å². The zero-order valence-electron chi connectivity index (χ0n) is 11.8. The average Bonchev–Trinajstić information content (AvgIpc) is 2.45. The molecule has 21 heavy (non-hydrogen) atoms. The zero-order valence-corrected chi connectivity index (χ0v) is 12.5. The van der Waals surface area contributed by atoms with Gasteiger partial charge in [-0.05, 0) is 13.0 Å². The molecule has 112 valence electrons. The fraction of sp³-hybridized carbons (Fsp3) is 0.400. The maximum absolute atomic E-state index is 12.3. The molecule has 0 saturated carbocycles. The van der Waals surface area contributed by atoms with E-state index in [9.17, 15) is 14.4 Å². The number of benzene rings is 1. The topological polar surface area (TPSA) is 66.5 Å². The van der Waals surface area contributed by atoms with Crippen LogP contribution in [0.1, 0.15) is 31.4 Å². The molecule has 1 unspecified atom stereocenters. The number of piperazine rings is 1. The molecule has 0 bridgehead atoms. The predicted octanol–water partition coefficient (Wildman–Crippen LogP) is 1.71. The third-order valence-electron chi connectivity index (χ3n) is 3.42. The standard InChI is InChI=1S/C15H17ClN2O3/c1-10(19)6-7-13(20)18-9-8-17-15(21)14(18)11-4-2-3-5-12(11)16/h2-5,14H,6-9H2,1H3,(H,17,21). The molecule has 1 saturated heterocycles. The highest BCUT2D eigenvalue weighted by molar-refractivity contribution is 6.31. The minimum Gasteiger partial charge on any atom is -0.352 e. The van der Waals surface area contributed by atoms with Crippen molar-refractivity contribution < 1.29 is 14.4 Å². The molecule has 0 aliphatic carbocycles. The van der Waals surface area contributed by atoms with E-state index >= 15 is 0 Å². The molecule has 1 aliphatic rings. The summed E-state index contributed by atoms with van der Waals surface area (Å²) in [6.07, 6.45) is 0.301. The van der Waals surface area contributed by atoms with E-state index in [1.165, 1.54) is 11.8 Å². The molecule has 1 aliphatic heterocycles. The van der Waals surface area contributed by atoms with Crippen molar-refractivity contribution in [1.82, 2.24) is 10.2 Å². The van der Waals surface area contributed by atoms with Crippen molar-refractivity contribution in [2.45, 2.75) is 25.8 Å². The number of nitrogens with zero attached hydrogens (tertiary/aromatic N) is 1. The van der Waals surface area contributed by atoms with Crippen LogP contribution in [-0.2, 0) is 14.4 Å². The number of carbonyl (C=O) groups is 3. The highest BCUT2D eigenvalue weighted by Gasteiger charge is 2.35. The number of hydrogen-bond acceptors (Lipinski definition) is 3. The molecule has 1 aromatic carbocycles. The van der Waals surface area contributed by atoms with Crippen molar-refractivity contribution in [3.05, 3.63) is 34.9 Å². The van der Waals surface area contributed by atoms with Crippen LogP contribution in [0.4, 0.5) is 0 Å². The number of nitrogens with one attached hydrogen (secondary N) is 1. The molecular formula is C15H17ClN2O3. The Hall–Kier alpha value is -1.88. The molecule has 1 N–H and O–H groups in total. The fourth-order valence-electron chi connectivity index (χ4n) is 2.37. The number of halogens is 1. The Labute approximate surface area is 128 Å². The first-order chi connectivity index (χ1) is 10.0. The van der Waals surface area contributed by atoms with Crippen molar-refractivity contribution in [1.29, 1.82) is 0 Å². The Morgan fingerprint density at radius 1 is 1.33 bits per heavy atom. The van der Waals surface area contributed by atoms with E-state index in [1.807, 2.05) is 0 Å². The van der Waals surface area contributed by atoms with Crippen LogP contribution in [0.25, 0.3) is 0 Å². The second-order valence-electron chi connectivity index (χ2n) is 5.00. The second kappa shape index (κ2) is 6.72. The van der Waals surface area contributed by atoms with Gasteiger partial charge in [0.15, 0.2) is 0 Å². The number of hydrogen-bond donors (Lipinski definition) is 1. The van der Waals surface area contributed by atoms with E-state index in [0.717, 1.165) is 0 Å². The summed E-state index contributed by atoms with van der Waals surface area (Å²) in [5.74, 6) is -0.491. The Kier molecular flexibility index (Phi) is 4.96. The highest BCUT2D eigenvalue weighted by atomic mass is 35.5. The summed E-state index contributed by atoms with van der Waals surface area (Å²) in [4.78, 5) is 37.0. The van der Waals surface area contributed by atoms with E-state index in [-0.39, 0.29) is 30.4 Å². The van der Waals surface area contributed by atoms with Crippen LogP contribution < -0.4 is 5.32 Å². The van der Waals surface area contributed by atoms with E-state index in [1.54, 1.807) is 24.3 Å². The number of Topliss-reactive ketones (excluding diaryl/α,β-unsaturated/α-hetero) is 1. The summed E-state index contributed by atoms with van der Waals surface area (Å²) in [6, 6.07) is 6.25. The number of amides is 2. The first-order valence-electron chi connectivity index (χ1n) is 6.81. The van der Waals surface area contributed by atoms with Crippen LogP contribution in [0.5, 0.6) is 0 Å². The Balaban J connectivity index is 2.25. The van der Waals surface area contributed by atoms with Gasteiger partial charge in [0.25, 0.3) is 0 Å². The summed E-state index contributed by atoms with van der Waals surface area (Å²) in [6.45, 7) is 2.27. The molecular weight excluding hydrogens is 292 g/mol. The lowest BCUT2D eigenvalue weighted by molar-refractivity contribution is -0.144. The second-order valence-corrected chi connectivity index (χ2v) is 5.41. The first kappa shape index (κ1) is 15.5. The molecule has 0 spiro atoms. The van der Waals surface area contributed by atoms with E-state index in [2.05, 4.69) is 5.32 Å². The van der Waals surface area contributed by atoms with Crippen molar-refractivity contribution in [2.75, 3.05) is 13.1 Å². The van der Waals surface area contributed by atoms with Gasteiger partial charge in [-0.15, -0.1) is 0 Å². The molecule has 0 radical (unpaired) electrons. The molecule has 1 heterocycles. The third-order valence-corrected chi connectivity index (χ3v) is 3.77. The van der Waals surface area contributed by atoms with Gasteiger partial charge in [-0.25, -0.2) is 0 Å². The minimum absolute atomic E-state index is 0.0425. The van der Waals surface area contributed by atoms with Gasteiger partial charge in [0.05, 0.1) is 0 Å². The normalized spacial score (nSPS) is 18.3. The molecule has 1 aromatic rings. The van der Waals surface area contributed by atoms with Crippen molar-refractivity contribution in [2.24, 2.45) is 0 Å². The number of rotatable bonds is 4. The SMILES string of the molecule is CC(=O)CCC(=O)N1CCNC(=O)C1c1ccccc1Cl. The van der Waals surface area contributed by atoms with Gasteiger partial charge >= 0.3 is 0 Å². The molecule has 1 atom stereocenters. The monoisotopic (exact) mass is 308 g/mol. The van der Waals surface area contributed by atoms with Crippen LogP contribution in [0.15, 0.2) is 24.3 Å². The number of carbonyl (C=O) groups excluding carboxylic acids is 3. The summed E-state index contributed by atoms with van der Waals surface area (Å²) in [7, 11) is 0. The zero-order chi connectivity index (χ0) is 15.4. The molecule has 0 aromatic heterocycles. The lowest BCUT2D eigenvalue weighted by atomic mass is 10.0. The number of ketones is 1. The van der Waals surface area contributed by atoms with Crippen molar-refractivity contribution in [3.63, 3.8) is 0 Å². The largest absolute Gasteiger partial charge is 0.352 e. The molecule has 2 amide bonds. The fourth-order valence-corrected chi connectivity index (χ4v) is 2.61. The van der Waals surface area contributed by atoms with Gasteiger partial charge in [-0.3, -0.25) is 9.59 Å². The highest BCUT2D eigenvalue weighted by Crippen LogP contribution is 2.29. The van der Waals surface area contributed by atoms with Crippen LogP contribution in [-0.4, -0.2) is 35.6 Å². The smallest absolute Gasteiger partial charge is 0.247 e. The van der Waals surface area contributed by atoms with E-state index < -0.39 is 6.04 Å². The summed E-state index contributed by atoms with van der Waals surface area (Å²) < 4.78 is 0. The van der Waals surface area contributed by atoms with Gasteiger partial charge in [0.2, 0.25) is 11.8 Å². The molecule has 2 rings (SSSR count). The van der Waals surface area contributed by atoms with Crippen molar-refractivity contribution >= 4 is 29.2 Å². The van der Waals surface area contributed by atoms with Crippen LogP contribution in [0.3, 0.4) is 0 Å². The first-order valence-corrected chi connectivity index (χ1v) is 7.19. The molecule has 6 heteroatoms. The predicted molar refractivity (Wildman–Crippen MR) is 78.8 cm³/mol. The molecule has 1 fully saturated rings. The van der Waals surface area contributed by atoms with Crippen molar-refractivity contribution in [3.8, 4) is 0 Å². The Bertz CT molecular complexity index is 574.